The zero-order valence-corrected chi connectivity index (χ0v) is 9.88. The van der Waals surface area contributed by atoms with Gasteiger partial charge in [-0.05, 0) is 22.9 Å². The highest BCUT2D eigenvalue weighted by atomic mass is 127. The van der Waals surface area contributed by atoms with Crippen molar-refractivity contribution in [2.45, 2.75) is 6.92 Å². The fourth-order valence-corrected chi connectivity index (χ4v) is 1.80. The monoisotopic (exact) mass is 345 g/mol. The van der Waals surface area contributed by atoms with Gasteiger partial charge in [0.1, 0.15) is 0 Å². The fraction of sp³-hybridized carbons (Fsp3) is 0.333. The molecular weight excluding hydrogens is 341 g/mol. The molecule has 0 aliphatic rings. The molecule has 0 bridgehead atoms. The number of halogens is 2. The number of carbonyl (C=O) groups excluding carboxylic acids is 1. The van der Waals surface area contributed by atoms with Gasteiger partial charge in [0.2, 0.25) is 5.76 Å². The first kappa shape index (κ1) is 9.97. The summed E-state index contributed by atoms with van der Waals surface area (Å²) < 4.78 is 10.5. The number of ether oxygens (including phenoxy) is 1. The third-order valence-corrected chi connectivity index (χ3v) is 2.02. The van der Waals surface area contributed by atoms with Crippen LogP contribution in [0.15, 0.2) is 9.02 Å². The molecule has 12 heavy (non-hydrogen) atoms. The Morgan fingerprint density at radius 3 is 2.92 bits per heavy atom. The molecule has 1 rings (SSSR count). The Labute approximate surface area is 90.9 Å². The lowest BCUT2D eigenvalue weighted by atomic mass is 10.5. The summed E-state index contributed by atoms with van der Waals surface area (Å²) in [5.41, 5.74) is 0. The molecule has 1 heterocycles. The van der Waals surface area contributed by atoms with Crippen LogP contribution in [-0.2, 0) is 4.74 Å². The lowest BCUT2D eigenvalue weighted by molar-refractivity contribution is 0.0487. The second-order valence-corrected chi connectivity index (χ2v) is 3.48. The van der Waals surface area contributed by atoms with E-state index < -0.39 is 5.97 Å². The summed E-state index contributed by atoms with van der Waals surface area (Å²) in [5, 5.41) is 0. The van der Waals surface area contributed by atoms with Gasteiger partial charge in [-0.25, -0.2) is 4.79 Å². The average molecular weight is 346 g/mol. The Morgan fingerprint density at radius 2 is 2.50 bits per heavy atom. The van der Waals surface area contributed by atoms with Gasteiger partial charge in [-0.2, -0.15) is 4.98 Å². The molecule has 1 aromatic heterocycles. The summed E-state index contributed by atoms with van der Waals surface area (Å²) in [6, 6.07) is 0. The van der Waals surface area contributed by atoms with Gasteiger partial charge in [0.15, 0.2) is 4.60 Å². The molecule has 0 N–H and O–H groups in total. The maximum atomic E-state index is 11.1. The highest BCUT2D eigenvalue weighted by Gasteiger charge is 2.18. The van der Waals surface area contributed by atoms with Gasteiger partial charge < -0.3 is 9.15 Å². The number of carbonyl (C=O) groups is 1. The van der Waals surface area contributed by atoms with Crippen molar-refractivity contribution in [3.8, 4) is 0 Å². The number of hydrogen-bond donors (Lipinski definition) is 0. The second-order valence-electron chi connectivity index (χ2n) is 1.81. The highest BCUT2D eigenvalue weighted by molar-refractivity contribution is 14.1. The molecule has 0 fully saturated rings. The van der Waals surface area contributed by atoms with E-state index in [1.807, 2.05) is 22.6 Å². The van der Waals surface area contributed by atoms with Crippen LogP contribution in [0.1, 0.15) is 17.5 Å². The summed E-state index contributed by atoms with van der Waals surface area (Å²) in [4.78, 5) is 14.9. The van der Waals surface area contributed by atoms with E-state index >= 15 is 0 Å². The molecule has 1 aromatic rings. The first-order valence-corrected chi connectivity index (χ1v) is 5.01. The molecule has 4 nitrogen and oxygen atoms in total. The Kier molecular flexibility index (Phi) is 3.51. The molecule has 0 unspecified atom stereocenters. The molecule has 0 aliphatic heterocycles. The average Bonchev–Trinajstić information content (AvgIpc) is 2.30. The van der Waals surface area contributed by atoms with Gasteiger partial charge in [0.05, 0.1) is 6.61 Å². The van der Waals surface area contributed by atoms with Crippen LogP contribution < -0.4 is 0 Å². The predicted molar refractivity (Wildman–Crippen MR) is 52.9 cm³/mol. The first-order chi connectivity index (χ1) is 5.65. The molecule has 0 atom stereocenters. The molecule has 0 amide bonds. The number of aromatic nitrogens is 1. The number of oxazole rings is 1. The minimum Gasteiger partial charge on any atom is -0.460 e. The van der Waals surface area contributed by atoms with E-state index in [-0.39, 0.29) is 5.76 Å². The Morgan fingerprint density at radius 1 is 1.83 bits per heavy atom. The van der Waals surface area contributed by atoms with Crippen molar-refractivity contribution in [2.75, 3.05) is 6.61 Å². The maximum absolute atomic E-state index is 11.1. The third kappa shape index (κ3) is 2.19. The molecule has 0 aliphatic carbocycles. The van der Waals surface area contributed by atoms with Crippen LogP contribution in [0.2, 0.25) is 0 Å². The zero-order chi connectivity index (χ0) is 9.14. The minimum absolute atomic E-state index is 0.112. The maximum Gasteiger partial charge on any atom is 0.377 e. The Bertz CT molecular complexity index is 299. The lowest BCUT2D eigenvalue weighted by Gasteiger charge is -1.95. The van der Waals surface area contributed by atoms with Crippen molar-refractivity contribution in [3.63, 3.8) is 0 Å². The molecule has 6 heteroatoms. The number of rotatable bonds is 2. The van der Waals surface area contributed by atoms with Gasteiger partial charge in [-0.15, -0.1) is 0 Å². The molecule has 0 saturated heterocycles. The molecule has 0 spiro atoms. The van der Waals surface area contributed by atoms with E-state index in [2.05, 4.69) is 20.9 Å². The van der Waals surface area contributed by atoms with Gasteiger partial charge in [-0.3, -0.25) is 0 Å². The predicted octanol–water partition coefficient (Wildman–Crippen LogP) is 2.22. The number of nitrogens with zero attached hydrogens (tertiary/aromatic N) is 1. The Hall–Kier alpha value is -0.110. The topological polar surface area (TPSA) is 52.3 Å². The third-order valence-electron chi connectivity index (χ3n) is 1.02. The quantitative estimate of drug-likeness (QED) is 0.609. The molecule has 0 radical (unpaired) electrons. The van der Waals surface area contributed by atoms with Crippen molar-refractivity contribution in [2.24, 2.45) is 0 Å². The van der Waals surface area contributed by atoms with Gasteiger partial charge >= 0.3 is 5.97 Å². The van der Waals surface area contributed by atoms with Crippen LogP contribution in [0.4, 0.5) is 0 Å². The normalized spacial score (nSPS) is 9.92. The summed E-state index contributed by atoms with van der Waals surface area (Å²) in [7, 11) is 0. The summed E-state index contributed by atoms with van der Waals surface area (Å²) in [6.07, 6.45) is 0. The van der Waals surface area contributed by atoms with Gasteiger partial charge in [0.25, 0.3) is 3.90 Å². The van der Waals surface area contributed by atoms with Crippen molar-refractivity contribution in [3.05, 3.63) is 14.3 Å². The highest BCUT2D eigenvalue weighted by Crippen LogP contribution is 2.19. The van der Waals surface area contributed by atoms with E-state index in [0.29, 0.717) is 15.1 Å². The Balaban J connectivity index is 2.87. The molecule has 0 saturated carbocycles. The summed E-state index contributed by atoms with van der Waals surface area (Å²) in [5.74, 6) is -0.388. The zero-order valence-electron chi connectivity index (χ0n) is 6.13. The van der Waals surface area contributed by atoms with E-state index in [4.69, 9.17) is 9.15 Å². The van der Waals surface area contributed by atoms with Crippen LogP contribution in [-0.4, -0.2) is 17.6 Å². The van der Waals surface area contributed by atoms with Crippen LogP contribution in [0.3, 0.4) is 0 Å². The van der Waals surface area contributed by atoms with Crippen molar-refractivity contribution >= 4 is 44.5 Å². The van der Waals surface area contributed by atoms with Gasteiger partial charge in [0, 0.05) is 22.6 Å². The van der Waals surface area contributed by atoms with Crippen LogP contribution >= 0.6 is 38.5 Å². The first-order valence-electron chi connectivity index (χ1n) is 3.14. The standard InChI is InChI=1S/C6H5BrINO3/c1-2-11-5(10)3-4(7)9-6(8)12-3/h2H2,1H3. The van der Waals surface area contributed by atoms with Crippen LogP contribution in [0, 0.1) is 3.90 Å². The van der Waals surface area contributed by atoms with Crippen molar-refractivity contribution in [1.29, 1.82) is 0 Å². The smallest absolute Gasteiger partial charge is 0.377 e. The van der Waals surface area contributed by atoms with E-state index in [1.54, 1.807) is 6.92 Å². The fourth-order valence-electron chi connectivity index (χ4n) is 0.600. The SMILES string of the molecule is CCOC(=O)c1oc(I)nc1Br. The number of hydrogen-bond acceptors (Lipinski definition) is 4. The summed E-state index contributed by atoms with van der Waals surface area (Å²) in [6.45, 7) is 2.05. The largest absolute Gasteiger partial charge is 0.460 e. The second kappa shape index (κ2) is 4.22. The van der Waals surface area contributed by atoms with Crippen molar-refractivity contribution < 1.29 is 13.9 Å². The molecule has 66 valence electrons. The molecular formula is C6H5BrINO3. The molecule has 0 aromatic carbocycles. The van der Waals surface area contributed by atoms with Crippen LogP contribution in [0.25, 0.3) is 0 Å². The van der Waals surface area contributed by atoms with Crippen LogP contribution in [0.5, 0.6) is 0 Å². The number of esters is 1. The lowest BCUT2D eigenvalue weighted by Crippen LogP contribution is -2.03. The van der Waals surface area contributed by atoms with Crippen molar-refractivity contribution in [1.82, 2.24) is 4.98 Å². The summed E-state index contributed by atoms with van der Waals surface area (Å²) >= 11 is 4.95. The van der Waals surface area contributed by atoms with E-state index in [0.717, 1.165) is 0 Å². The van der Waals surface area contributed by atoms with E-state index in [9.17, 15) is 4.79 Å². The van der Waals surface area contributed by atoms with Gasteiger partial charge in [-0.1, -0.05) is 0 Å². The van der Waals surface area contributed by atoms with E-state index in [1.165, 1.54) is 0 Å². The minimum atomic E-state index is -0.500.